The molecule has 3 saturated carbocycles. The molecule has 33 heavy (non-hydrogen) atoms. The van der Waals surface area contributed by atoms with Crippen molar-refractivity contribution < 1.29 is 20.1 Å². The molecule has 2 aromatic rings. The van der Waals surface area contributed by atoms with Crippen LogP contribution in [0.4, 0.5) is 0 Å². The summed E-state index contributed by atoms with van der Waals surface area (Å²) < 4.78 is 1.90. The Morgan fingerprint density at radius 2 is 2.03 bits per heavy atom. The summed E-state index contributed by atoms with van der Waals surface area (Å²) in [5, 5.41) is 44.9. The monoisotopic (exact) mass is 450 g/mol. The van der Waals surface area contributed by atoms with Gasteiger partial charge in [-0.3, -0.25) is 0 Å². The van der Waals surface area contributed by atoms with E-state index in [0.717, 1.165) is 36.2 Å². The van der Waals surface area contributed by atoms with Crippen molar-refractivity contribution >= 4 is 12.0 Å². The standard InChI is InChI=1S/C25H30N4O4/c1-23-10-14-12-28-29(16-6-8-26-27-13-16)19(14)9-15(23)3-4-17-18-5-7-25(33,22(31)32)24(18,2)11-20(30)21(17)23/h6,8-9,12-13,17-18,20-21,30,33H,3-5,7,10-11H2,1-2H3,(H,31,32)/t17-,18-,20-,21+,23-,24-,25-/m0/s1. The van der Waals surface area contributed by atoms with E-state index in [0.29, 0.717) is 12.8 Å². The molecular weight excluding hydrogens is 420 g/mol. The van der Waals surface area contributed by atoms with Crippen LogP contribution in [-0.4, -0.2) is 53.0 Å². The Labute approximate surface area is 192 Å². The number of hydrogen-bond acceptors (Lipinski definition) is 6. The van der Waals surface area contributed by atoms with Crippen molar-refractivity contribution in [1.82, 2.24) is 20.0 Å². The molecule has 3 fully saturated rings. The van der Waals surface area contributed by atoms with Crippen molar-refractivity contribution in [2.45, 2.75) is 64.1 Å². The van der Waals surface area contributed by atoms with E-state index < -0.39 is 23.1 Å². The number of nitrogens with zero attached hydrogens (tertiary/aromatic N) is 4. The fourth-order valence-corrected chi connectivity index (χ4v) is 8.16. The number of aliphatic hydroxyl groups is 2. The second-order valence-electron chi connectivity index (χ2n) is 11.1. The number of allylic oxidation sites excluding steroid dienone is 1. The Bertz CT molecular complexity index is 1160. The molecule has 8 nitrogen and oxygen atoms in total. The van der Waals surface area contributed by atoms with E-state index in [2.05, 4.69) is 28.3 Å². The van der Waals surface area contributed by atoms with Crippen molar-refractivity contribution in [3.63, 3.8) is 0 Å². The number of carboxylic acids is 1. The second kappa shape index (κ2) is 6.73. The summed E-state index contributed by atoms with van der Waals surface area (Å²) in [5.74, 6) is -0.834. The number of aliphatic hydroxyl groups excluding tert-OH is 1. The van der Waals surface area contributed by atoms with E-state index in [9.17, 15) is 20.1 Å². The highest BCUT2D eigenvalue weighted by molar-refractivity contribution is 5.79. The Hall–Kier alpha value is -2.58. The highest BCUT2D eigenvalue weighted by Gasteiger charge is 2.68. The molecule has 3 N–H and O–H groups in total. The quantitative estimate of drug-likeness (QED) is 0.643. The molecule has 2 heterocycles. The lowest BCUT2D eigenvalue weighted by molar-refractivity contribution is -0.193. The Balaban J connectivity index is 1.39. The maximum Gasteiger partial charge on any atom is 0.336 e. The highest BCUT2D eigenvalue weighted by atomic mass is 16.4. The summed E-state index contributed by atoms with van der Waals surface area (Å²) in [5.41, 5.74) is 1.61. The van der Waals surface area contributed by atoms with Crippen LogP contribution in [0.15, 0.2) is 30.2 Å². The van der Waals surface area contributed by atoms with Crippen LogP contribution in [-0.2, 0) is 11.2 Å². The molecule has 6 rings (SSSR count). The van der Waals surface area contributed by atoms with E-state index in [1.807, 2.05) is 23.9 Å². The van der Waals surface area contributed by atoms with Gasteiger partial charge in [0.15, 0.2) is 5.60 Å². The first kappa shape index (κ1) is 21.0. The normalized spacial score (nSPS) is 41.4. The summed E-state index contributed by atoms with van der Waals surface area (Å²) in [6.45, 7) is 4.14. The molecule has 174 valence electrons. The lowest BCUT2D eigenvalue weighted by atomic mass is 9.45. The molecule has 4 aliphatic carbocycles. The summed E-state index contributed by atoms with van der Waals surface area (Å²) in [6.07, 6.45) is 10.7. The largest absolute Gasteiger partial charge is 0.479 e. The molecule has 0 radical (unpaired) electrons. The Morgan fingerprint density at radius 3 is 2.76 bits per heavy atom. The van der Waals surface area contributed by atoms with Crippen molar-refractivity contribution in [3.05, 3.63) is 41.5 Å². The summed E-state index contributed by atoms with van der Waals surface area (Å²) in [4.78, 5) is 12.0. The van der Waals surface area contributed by atoms with Crippen molar-refractivity contribution in [3.8, 4) is 5.69 Å². The molecule has 0 unspecified atom stereocenters. The van der Waals surface area contributed by atoms with Crippen LogP contribution in [0.2, 0.25) is 0 Å². The van der Waals surface area contributed by atoms with E-state index in [1.165, 1.54) is 5.57 Å². The highest BCUT2D eigenvalue weighted by Crippen LogP contribution is 2.67. The van der Waals surface area contributed by atoms with Crippen LogP contribution in [0, 0.1) is 28.6 Å². The van der Waals surface area contributed by atoms with Crippen LogP contribution in [0.25, 0.3) is 11.8 Å². The van der Waals surface area contributed by atoms with Crippen molar-refractivity contribution in [1.29, 1.82) is 0 Å². The molecule has 2 aromatic heterocycles. The van der Waals surface area contributed by atoms with E-state index in [4.69, 9.17) is 0 Å². The van der Waals surface area contributed by atoms with E-state index in [-0.39, 0.29) is 29.6 Å². The molecule has 8 heteroatoms. The minimum absolute atomic E-state index is 0.0332. The summed E-state index contributed by atoms with van der Waals surface area (Å²) in [7, 11) is 0. The van der Waals surface area contributed by atoms with Gasteiger partial charge in [-0.15, -0.1) is 0 Å². The Kier molecular flexibility index (Phi) is 4.28. The summed E-state index contributed by atoms with van der Waals surface area (Å²) >= 11 is 0. The van der Waals surface area contributed by atoms with Gasteiger partial charge in [0.25, 0.3) is 0 Å². The molecule has 4 aliphatic rings. The maximum absolute atomic E-state index is 12.0. The number of aliphatic carboxylic acids is 1. The van der Waals surface area contributed by atoms with Gasteiger partial charge in [-0.25, -0.2) is 9.48 Å². The van der Waals surface area contributed by atoms with Gasteiger partial charge >= 0.3 is 5.97 Å². The molecule has 0 spiro atoms. The smallest absolute Gasteiger partial charge is 0.336 e. The minimum Gasteiger partial charge on any atom is -0.479 e. The number of hydrogen-bond donors (Lipinski definition) is 3. The molecule has 0 aliphatic heterocycles. The number of rotatable bonds is 2. The Morgan fingerprint density at radius 1 is 1.21 bits per heavy atom. The lowest BCUT2D eigenvalue weighted by Crippen LogP contribution is -2.61. The minimum atomic E-state index is -1.76. The zero-order valence-electron chi connectivity index (χ0n) is 19.0. The van der Waals surface area contributed by atoms with Crippen LogP contribution < -0.4 is 0 Å². The van der Waals surface area contributed by atoms with Crippen LogP contribution >= 0.6 is 0 Å². The van der Waals surface area contributed by atoms with Crippen molar-refractivity contribution in [2.24, 2.45) is 28.6 Å². The predicted octanol–water partition coefficient (Wildman–Crippen LogP) is 2.63. The third kappa shape index (κ3) is 2.59. The van der Waals surface area contributed by atoms with Gasteiger partial charge in [-0.1, -0.05) is 19.4 Å². The lowest BCUT2D eigenvalue weighted by Gasteiger charge is -2.60. The summed E-state index contributed by atoms with van der Waals surface area (Å²) in [6, 6.07) is 1.89. The third-order valence-corrected chi connectivity index (χ3v) is 9.74. The number of aromatic nitrogens is 4. The topological polar surface area (TPSA) is 121 Å². The average molecular weight is 451 g/mol. The predicted molar refractivity (Wildman–Crippen MR) is 119 cm³/mol. The van der Waals surface area contributed by atoms with Crippen LogP contribution in [0.3, 0.4) is 0 Å². The molecule has 0 aromatic carbocycles. The zero-order valence-corrected chi connectivity index (χ0v) is 19.0. The van der Waals surface area contributed by atoms with Gasteiger partial charge in [-0.05, 0) is 79.4 Å². The first-order valence-corrected chi connectivity index (χ1v) is 11.9. The van der Waals surface area contributed by atoms with Gasteiger partial charge in [0.2, 0.25) is 0 Å². The fraction of sp³-hybridized carbons (Fsp3) is 0.600. The fourth-order valence-electron chi connectivity index (χ4n) is 8.16. The first-order valence-electron chi connectivity index (χ1n) is 11.9. The second-order valence-corrected chi connectivity index (χ2v) is 11.1. The van der Waals surface area contributed by atoms with Crippen LogP contribution in [0.1, 0.15) is 57.2 Å². The molecular formula is C25H30N4O4. The SMILES string of the molecule is C[C@]12Cc3cnn(-c4ccnnc4)c3C=C1CC[C@@H]1[C@@H]2[C@@H](O)C[C@@]2(C)[C@H]1CC[C@]2(O)C(=O)O. The molecule has 0 saturated heterocycles. The van der Waals surface area contributed by atoms with Gasteiger partial charge < -0.3 is 15.3 Å². The van der Waals surface area contributed by atoms with Gasteiger partial charge in [0.05, 0.1) is 36.1 Å². The molecule has 0 amide bonds. The number of fused-ring (bicyclic) bond motifs is 6. The van der Waals surface area contributed by atoms with Gasteiger partial charge in [0.1, 0.15) is 0 Å². The van der Waals surface area contributed by atoms with Crippen LogP contribution in [0.5, 0.6) is 0 Å². The van der Waals surface area contributed by atoms with E-state index >= 15 is 0 Å². The maximum atomic E-state index is 12.0. The van der Waals surface area contributed by atoms with Gasteiger partial charge in [-0.2, -0.15) is 15.3 Å². The molecule has 0 bridgehead atoms. The first-order chi connectivity index (χ1) is 15.7. The number of carboxylic acid groups (broad SMARTS) is 1. The zero-order chi connectivity index (χ0) is 23.2. The van der Waals surface area contributed by atoms with Gasteiger partial charge in [0, 0.05) is 5.41 Å². The third-order valence-electron chi connectivity index (χ3n) is 9.74. The van der Waals surface area contributed by atoms with E-state index in [1.54, 1.807) is 12.4 Å². The number of carbonyl (C=O) groups is 1. The molecule has 7 atom stereocenters. The van der Waals surface area contributed by atoms with Crippen molar-refractivity contribution in [2.75, 3.05) is 0 Å². The average Bonchev–Trinajstić information content (AvgIpc) is 3.30.